The average Bonchev–Trinajstić information content (AvgIpc) is 2.86. The second-order valence-corrected chi connectivity index (χ2v) is 9.70. The van der Waals surface area contributed by atoms with Crippen LogP contribution in [-0.2, 0) is 0 Å². The summed E-state index contributed by atoms with van der Waals surface area (Å²) < 4.78 is 5.98. The van der Waals surface area contributed by atoms with E-state index in [0.29, 0.717) is 48.5 Å². The maximum atomic E-state index is 11.0. The fraction of sp³-hybridized carbons (Fsp3) is 0.536. The van der Waals surface area contributed by atoms with E-state index < -0.39 is 5.60 Å². The number of halogens is 1. The van der Waals surface area contributed by atoms with Crippen molar-refractivity contribution in [3.8, 4) is 11.8 Å². The van der Waals surface area contributed by atoms with E-state index >= 15 is 0 Å². The molecule has 0 spiro atoms. The Morgan fingerprint density at radius 2 is 1.76 bits per heavy atom. The van der Waals surface area contributed by atoms with Gasteiger partial charge in [-0.15, -0.1) is 0 Å². The van der Waals surface area contributed by atoms with E-state index in [9.17, 15) is 5.11 Å². The van der Waals surface area contributed by atoms with Gasteiger partial charge in [-0.05, 0) is 68.0 Å². The average molecular weight is 484 g/mol. The Bertz CT molecular complexity index is 945. The molecule has 1 heterocycles. The highest BCUT2D eigenvalue weighted by Crippen LogP contribution is 2.31. The number of nitrogens with zero attached hydrogens (tertiary/aromatic N) is 2. The molecule has 0 saturated carbocycles. The molecular weight excluding hydrogens is 446 g/mol. The van der Waals surface area contributed by atoms with Crippen LogP contribution in [0.3, 0.4) is 0 Å². The van der Waals surface area contributed by atoms with Crippen molar-refractivity contribution in [2.24, 2.45) is 0 Å². The lowest BCUT2D eigenvalue weighted by Crippen LogP contribution is -2.45. The molecule has 184 valence electrons. The van der Waals surface area contributed by atoms with Gasteiger partial charge in [-0.2, -0.15) is 5.26 Å². The molecule has 0 radical (unpaired) electrons. The van der Waals surface area contributed by atoms with Gasteiger partial charge in [-0.25, -0.2) is 0 Å². The summed E-state index contributed by atoms with van der Waals surface area (Å²) in [5.41, 5.74) is 2.04. The number of rotatable bonds is 11. The van der Waals surface area contributed by atoms with Crippen LogP contribution in [0.4, 0.5) is 5.69 Å². The maximum absolute atomic E-state index is 11.0. The number of anilines is 1. The van der Waals surface area contributed by atoms with Crippen LogP contribution in [-0.4, -0.2) is 36.4 Å². The Hall–Kier alpha value is -2.26. The number of hydrogen-bond donors (Lipinski definition) is 2. The van der Waals surface area contributed by atoms with Gasteiger partial charge in [0.15, 0.2) is 0 Å². The summed E-state index contributed by atoms with van der Waals surface area (Å²) in [6, 6.07) is 16.9. The molecule has 0 bridgehead atoms. The number of benzene rings is 2. The molecule has 1 fully saturated rings. The van der Waals surface area contributed by atoms with Crippen LogP contribution in [0.5, 0.6) is 5.75 Å². The first-order chi connectivity index (χ1) is 16.4. The number of ether oxygens (including phenoxy) is 1. The summed E-state index contributed by atoms with van der Waals surface area (Å²) in [6.07, 6.45) is 5.27. The fourth-order valence-electron chi connectivity index (χ4n) is 4.64. The van der Waals surface area contributed by atoms with E-state index in [2.05, 4.69) is 49.2 Å². The molecule has 2 aromatic carbocycles. The first-order valence-electron chi connectivity index (χ1n) is 12.6. The largest absolute Gasteiger partial charge is 0.493 e. The minimum Gasteiger partial charge on any atom is -0.493 e. The molecule has 1 aliphatic heterocycles. The van der Waals surface area contributed by atoms with Crippen LogP contribution in [0.15, 0.2) is 42.5 Å². The minimum absolute atomic E-state index is 0.357. The normalized spacial score (nSPS) is 16.3. The van der Waals surface area contributed by atoms with Crippen molar-refractivity contribution in [3.05, 3.63) is 58.6 Å². The van der Waals surface area contributed by atoms with Crippen molar-refractivity contribution in [2.75, 3.05) is 24.6 Å². The van der Waals surface area contributed by atoms with Gasteiger partial charge in [0.25, 0.3) is 0 Å². The van der Waals surface area contributed by atoms with E-state index in [0.717, 1.165) is 43.8 Å². The second-order valence-electron chi connectivity index (χ2n) is 9.30. The van der Waals surface area contributed by atoms with Crippen LogP contribution in [0, 0.1) is 11.3 Å². The number of hydrogen-bond acceptors (Lipinski definition) is 5. The predicted octanol–water partition coefficient (Wildman–Crippen LogP) is 6.24. The molecule has 5 nitrogen and oxygen atoms in total. The number of aliphatic hydroxyl groups is 1. The zero-order valence-corrected chi connectivity index (χ0v) is 21.4. The third-order valence-electron chi connectivity index (χ3n) is 7.08. The van der Waals surface area contributed by atoms with E-state index in [-0.39, 0.29) is 0 Å². The van der Waals surface area contributed by atoms with Crippen molar-refractivity contribution in [3.63, 3.8) is 0 Å². The number of nitriles is 1. The predicted molar refractivity (Wildman–Crippen MR) is 140 cm³/mol. The Balaban J connectivity index is 1.47. The fourth-order valence-corrected chi connectivity index (χ4v) is 4.85. The molecule has 1 saturated heterocycles. The summed E-state index contributed by atoms with van der Waals surface area (Å²) in [5, 5.41) is 24.3. The Morgan fingerprint density at radius 3 is 2.32 bits per heavy atom. The SMILES string of the molecule is CCC(CC)NC(CC)c1ccc(OCCC2(O)CCN(c3ccc(C#N)c(Cl)c3)CC2)cc1. The molecule has 0 amide bonds. The molecule has 2 aromatic rings. The van der Waals surface area contributed by atoms with Crippen molar-refractivity contribution >= 4 is 17.3 Å². The molecule has 6 heteroatoms. The van der Waals surface area contributed by atoms with E-state index in [1.165, 1.54) is 5.56 Å². The third kappa shape index (κ3) is 6.88. The molecule has 1 atom stereocenters. The van der Waals surface area contributed by atoms with Gasteiger partial charge in [0.2, 0.25) is 0 Å². The van der Waals surface area contributed by atoms with E-state index in [1.54, 1.807) is 6.07 Å². The van der Waals surface area contributed by atoms with Gasteiger partial charge in [-0.3, -0.25) is 0 Å². The lowest BCUT2D eigenvalue weighted by molar-refractivity contribution is -0.00267. The first kappa shape index (κ1) is 26.3. The maximum Gasteiger partial charge on any atom is 0.119 e. The van der Waals surface area contributed by atoms with Gasteiger partial charge in [-0.1, -0.05) is 44.5 Å². The van der Waals surface area contributed by atoms with Gasteiger partial charge in [0.05, 0.1) is 22.8 Å². The zero-order valence-electron chi connectivity index (χ0n) is 20.7. The highest BCUT2D eigenvalue weighted by molar-refractivity contribution is 6.32. The summed E-state index contributed by atoms with van der Waals surface area (Å²) in [4.78, 5) is 2.21. The smallest absolute Gasteiger partial charge is 0.119 e. The third-order valence-corrected chi connectivity index (χ3v) is 7.39. The van der Waals surface area contributed by atoms with Crippen LogP contribution >= 0.6 is 11.6 Å². The summed E-state index contributed by atoms with van der Waals surface area (Å²) in [5.74, 6) is 0.842. The topological polar surface area (TPSA) is 68.5 Å². The van der Waals surface area contributed by atoms with Crippen LogP contribution in [0.1, 0.15) is 76.5 Å². The lowest BCUT2D eigenvalue weighted by atomic mass is 9.88. The number of piperidine rings is 1. The van der Waals surface area contributed by atoms with Gasteiger partial charge < -0.3 is 20.1 Å². The zero-order chi connectivity index (χ0) is 24.6. The highest BCUT2D eigenvalue weighted by Gasteiger charge is 2.32. The molecule has 2 N–H and O–H groups in total. The first-order valence-corrected chi connectivity index (χ1v) is 12.9. The quantitative estimate of drug-likeness (QED) is 0.395. The van der Waals surface area contributed by atoms with Crippen molar-refractivity contribution in [1.82, 2.24) is 5.32 Å². The highest BCUT2D eigenvalue weighted by atomic mass is 35.5. The van der Waals surface area contributed by atoms with Crippen LogP contribution < -0.4 is 15.0 Å². The lowest BCUT2D eigenvalue weighted by Gasteiger charge is -2.39. The summed E-state index contributed by atoms with van der Waals surface area (Å²) in [6.45, 7) is 8.65. The molecule has 1 unspecified atom stereocenters. The second kappa shape index (κ2) is 12.4. The van der Waals surface area contributed by atoms with E-state index in [4.69, 9.17) is 21.6 Å². The van der Waals surface area contributed by atoms with Crippen molar-refractivity contribution < 1.29 is 9.84 Å². The van der Waals surface area contributed by atoms with Crippen LogP contribution in [0.2, 0.25) is 5.02 Å². The molecule has 1 aliphatic rings. The van der Waals surface area contributed by atoms with Crippen molar-refractivity contribution in [1.29, 1.82) is 5.26 Å². The molecule has 0 aromatic heterocycles. The minimum atomic E-state index is -0.723. The van der Waals surface area contributed by atoms with Gasteiger partial charge in [0, 0.05) is 37.3 Å². The monoisotopic (exact) mass is 483 g/mol. The van der Waals surface area contributed by atoms with Crippen molar-refractivity contribution in [2.45, 2.75) is 77.0 Å². The summed E-state index contributed by atoms with van der Waals surface area (Å²) >= 11 is 6.18. The van der Waals surface area contributed by atoms with E-state index in [1.807, 2.05) is 24.3 Å². The van der Waals surface area contributed by atoms with Gasteiger partial charge >= 0.3 is 0 Å². The van der Waals surface area contributed by atoms with Crippen LogP contribution in [0.25, 0.3) is 0 Å². The molecule has 34 heavy (non-hydrogen) atoms. The van der Waals surface area contributed by atoms with Gasteiger partial charge in [0.1, 0.15) is 11.8 Å². The molecule has 0 aliphatic carbocycles. The molecule has 3 rings (SSSR count). The molecular formula is C28H38ClN3O2. The number of nitrogens with one attached hydrogen (secondary N) is 1. The summed E-state index contributed by atoms with van der Waals surface area (Å²) in [7, 11) is 0. The Labute approximate surface area is 209 Å². The Kier molecular flexibility index (Phi) is 9.64. The standard InChI is InChI=1S/C28H38ClN3O2/c1-4-23(5-2)31-27(6-3)21-8-11-25(12-9-21)34-18-15-28(33)13-16-32(17-14-28)24-10-7-22(20-30)26(29)19-24/h7-12,19,23,27,31,33H,4-6,13-18H2,1-3H3. The Morgan fingerprint density at radius 1 is 1.09 bits per heavy atom.